The Morgan fingerprint density at radius 2 is 1.81 bits per heavy atom. The van der Waals surface area contributed by atoms with Crippen LogP contribution in [0.4, 0.5) is 0 Å². The van der Waals surface area contributed by atoms with E-state index in [1.165, 1.54) is 57.6 Å². The van der Waals surface area contributed by atoms with Crippen molar-refractivity contribution < 1.29 is 23.1 Å². The summed E-state index contributed by atoms with van der Waals surface area (Å²) in [5.41, 5.74) is 0.955. The Balaban J connectivity index is 2.23. The second kappa shape index (κ2) is 8.03. The number of methoxy groups -OCH3 is 1. The molecule has 0 aliphatic heterocycles. The maximum Gasteiger partial charge on any atom is 0.242 e. The van der Waals surface area contributed by atoms with Crippen molar-refractivity contribution >= 4 is 37.8 Å². The smallest absolute Gasteiger partial charge is 0.242 e. The van der Waals surface area contributed by atoms with Crippen molar-refractivity contribution in [3.8, 4) is 11.5 Å². The number of carbonyl (C=O) groups is 1. The lowest BCUT2D eigenvalue weighted by Gasteiger charge is -2.11. The number of nitrogens with zero attached hydrogens (tertiary/aromatic N) is 1. The maximum atomic E-state index is 12.3. The minimum atomic E-state index is -3.53. The zero-order valence-electron chi connectivity index (χ0n) is 14.4. The molecule has 8 heteroatoms. The van der Waals surface area contributed by atoms with Gasteiger partial charge in [0.15, 0.2) is 17.3 Å². The summed E-state index contributed by atoms with van der Waals surface area (Å²) in [6.07, 6.45) is 2.90. The van der Waals surface area contributed by atoms with Gasteiger partial charge in [-0.05, 0) is 54.1 Å². The van der Waals surface area contributed by atoms with Crippen molar-refractivity contribution in [2.45, 2.75) is 4.90 Å². The molecule has 0 heterocycles. The van der Waals surface area contributed by atoms with Gasteiger partial charge in [0, 0.05) is 24.1 Å². The number of phenolic OH excluding ortho intramolecular Hbond substituents is 1. The first-order valence-corrected chi connectivity index (χ1v) is 9.71. The van der Waals surface area contributed by atoms with Crippen molar-refractivity contribution in [2.75, 3.05) is 21.2 Å². The quantitative estimate of drug-likeness (QED) is 0.551. The van der Waals surface area contributed by atoms with Crippen LogP contribution in [0.25, 0.3) is 6.08 Å². The molecule has 0 bridgehead atoms. The summed E-state index contributed by atoms with van der Waals surface area (Å²) in [6.45, 7) is 0. The first-order chi connectivity index (χ1) is 12.2. The number of halogens is 1. The molecule has 0 amide bonds. The largest absolute Gasteiger partial charge is 0.504 e. The molecule has 0 radical (unpaired) electrons. The molecule has 0 aliphatic rings. The van der Waals surface area contributed by atoms with Crippen LogP contribution in [0.3, 0.4) is 0 Å². The highest BCUT2D eigenvalue weighted by Gasteiger charge is 2.17. The van der Waals surface area contributed by atoms with Crippen LogP contribution in [0.2, 0.25) is 0 Å². The monoisotopic (exact) mass is 439 g/mol. The van der Waals surface area contributed by atoms with Gasteiger partial charge in [-0.3, -0.25) is 4.79 Å². The molecule has 6 nitrogen and oxygen atoms in total. The summed E-state index contributed by atoms with van der Waals surface area (Å²) >= 11 is 3.35. The first kappa shape index (κ1) is 20.2. The molecular formula is C18H18BrNO5S. The molecule has 138 valence electrons. The Bertz CT molecular complexity index is 950. The standard InChI is InChI=1S/C18H18BrNO5S/c1-20(2)26(23,24)14-7-4-12(5-8-14)16(21)9-6-13-10-17(22)18(25-3)11-15(13)19/h4-11,22H,1-3H3/b9-6-. The minimum Gasteiger partial charge on any atom is -0.504 e. The fourth-order valence-electron chi connectivity index (χ4n) is 2.11. The number of rotatable bonds is 6. The number of phenols is 1. The van der Waals surface area contributed by atoms with Crippen molar-refractivity contribution in [2.24, 2.45) is 0 Å². The summed E-state index contributed by atoms with van der Waals surface area (Å²) in [6, 6.07) is 8.78. The molecule has 0 atom stereocenters. The lowest BCUT2D eigenvalue weighted by atomic mass is 10.1. The van der Waals surface area contributed by atoms with Crippen LogP contribution >= 0.6 is 15.9 Å². The molecule has 0 saturated heterocycles. The van der Waals surface area contributed by atoms with Crippen LogP contribution in [-0.4, -0.2) is 44.8 Å². The van der Waals surface area contributed by atoms with Gasteiger partial charge >= 0.3 is 0 Å². The van der Waals surface area contributed by atoms with E-state index in [0.717, 1.165) is 4.31 Å². The molecule has 0 fully saturated rings. The van der Waals surface area contributed by atoms with Gasteiger partial charge in [0.25, 0.3) is 0 Å². The van der Waals surface area contributed by atoms with E-state index >= 15 is 0 Å². The van der Waals surface area contributed by atoms with Gasteiger partial charge in [-0.25, -0.2) is 12.7 Å². The van der Waals surface area contributed by atoms with Crippen LogP contribution in [0.1, 0.15) is 15.9 Å². The third-order valence-corrected chi connectivity index (χ3v) is 6.15. The molecule has 1 N–H and O–H groups in total. The van der Waals surface area contributed by atoms with Crippen LogP contribution in [0.5, 0.6) is 11.5 Å². The predicted octanol–water partition coefficient (Wildman–Crippen LogP) is 3.31. The van der Waals surface area contributed by atoms with Crippen molar-refractivity contribution in [1.29, 1.82) is 0 Å². The van der Waals surface area contributed by atoms with Gasteiger partial charge in [-0.2, -0.15) is 0 Å². The molecule has 0 aliphatic carbocycles. The number of allylic oxidation sites excluding steroid dienone is 1. The highest BCUT2D eigenvalue weighted by Crippen LogP contribution is 2.33. The number of sulfonamides is 1. The summed E-state index contributed by atoms with van der Waals surface area (Å²) in [7, 11) is 0.799. The van der Waals surface area contributed by atoms with Gasteiger partial charge in [0.05, 0.1) is 12.0 Å². The fourth-order valence-corrected chi connectivity index (χ4v) is 3.47. The highest BCUT2D eigenvalue weighted by atomic mass is 79.9. The molecule has 2 rings (SSSR count). The predicted molar refractivity (Wildman–Crippen MR) is 103 cm³/mol. The minimum absolute atomic E-state index is 0.0407. The summed E-state index contributed by atoms with van der Waals surface area (Å²) in [5, 5.41) is 9.82. The zero-order valence-corrected chi connectivity index (χ0v) is 16.8. The molecule has 0 unspecified atom stereocenters. The lowest BCUT2D eigenvalue weighted by molar-refractivity contribution is 0.104. The molecular weight excluding hydrogens is 422 g/mol. The van der Waals surface area contributed by atoms with Gasteiger partial charge in [-0.15, -0.1) is 0 Å². The summed E-state index contributed by atoms with van der Waals surface area (Å²) < 4.78 is 30.8. The van der Waals surface area contributed by atoms with Crippen LogP contribution < -0.4 is 4.74 Å². The Labute approximate surface area is 160 Å². The lowest BCUT2D eigenvalue weighted by Crippen LogP contribution is -2.22. The third-order valence-electron chi connectivity index (χ3n) is 3.63. The third kappa shape index (κ3) is 4.32. The highest BCUT2D eigenvalue weighted by molar-refractivity contribution is 9.10. The molecule has 2 aromatic carbocycles. The van der Waals surface area contributed by atoms with Gasteiger partial charge < -0.3 is 9.84 Å². The van der Waals surface area contributed by atoms with E-state index in [4.69, 9.17) is 4.74 Å². The van der Waals surface area contributed by atoms with Gasteiger partial charge in [0.1, 0.15) is 0 Å². The zero-order chi connectivity index (χ0) is 19.5. The van der Waals surface area contributed by atoms with Gasteiger partial charge in [0.2, 0.25) is 10.0 Å². The second-order valence-electron chi connectivity index (χ2n) is 5.55. The number of carbonyl (C=O) groups excluding carboxylic acids is 1. The van der Waals surface area contributed by atoms with Crippen molar-refractivity contribution in [3.05, 3.63) is 58.1 Å². The SMILES string of the molecule is COc1cc(Br)c(/C=C\C(=O)c2ccc(S(=O)(=O)N(C)C)cc2)cc1O. The fraction of sp³-hybridized carbons (Fsp3) is 0.167. The van der Waals surface area contributed by atoms with Crippen LogP contribution in [0.15, 0.2) is 51.8 Å². The second-order valence-corrected chi connectivity index (χ2v) is 8.56. The van der Waals surface area contributed by atoms with Crippen molar-refractivity contribution in [3.63, 3.8) is 0 Å². The van der Waals surface area contributed by atoms with Crippen LogP contribution in [-0.2, 0) is 10.0 Å². The Kier molecular flexibility index (Phi) is 6.22. The number of ether oxygens (including phenoxy) is 1. The van der Waals surface area contributed by atoms with Crippen molar-refractivity contribution in [1.82, 2.24) is 4.31 Å². The number of aromatic hydroxyl groups is 1. The Morgan fingerprint density at radius 1 is 1.19 bits per heavy atom. The van der Waals surface area contributed by atoms with E-state index in [-0.39, 0.29) is 16.4 Å². The number of hydrogen-bond acceptors (Lipinski definition) is 5. The summed E-state index contributed by atoms with van der Waals surface area (Å²) in [4.78, 5) is 12.4. The van der Waals surface area contributed by atoms with E-state index in [2.05, 4.69) is 15.9 Å². The summed E-state index contributed by atoms with van der Waals surface area (Å²) in [5.74, 6) is -0.0138. The van der Waals surface area contributed by atoms with E-state index in [9.17, 15) is 18.3 Å². The van der Waals surface area contributed by atoms with E-state index in [1.54, 1.807) is 12.1 Å². The number of hydrogen-bond donors (Lipinski definition) is 1. The number of benzene rings is 2. The van der Waals surface area contributed by atoms with E-state index < -0.39 is 10.0 Å². The average Bonchev–Trinajstić information content (AvgIpc) is 2.61. The Morgan fingerprint density at radius 3 is 2.35 bits per heavy atom. The maximum absolute atomic E-state index is 12.3. The normalized spacial score (nSPS) is 11.9. The first-order valence-electron chi connectivity index (χ1n) is 7.48. The topological polar surface area (TPSA) is 83.9 Å². The molecule has 2 aromatic rings. The molecule has 0 spiro atoms. The van der Waals surface area contributed by atoms with E-state index in [1.807, 2.05) is 0 Å². The van der Waals surface area contributed by atoms with Crippen LogP contribution in [0, 0.1) is 0 Å². The van der Waals surface area contributed by atoms with Gasteiger partial charge in [-0.1, -0.05) is 15.9 Å². The van der Waals surface area contributed by atoms with E-state index in [0.29, 0.717) is 21.3 Å². The molecule has 0 aromatic heterocycles. The average molecular weight is 440 g/mol. The number of ketones is 1. The molecule has 0 saturated carbocycles. The molecule has 26 heavy (non-hydrogen) atoms. The Hall–Kier alpha value is -2.16.